The average Bonchev–Trinajstić information content (AvgIpc) is 3.22. The van der Waals surface area contributed by atoms with E-state index in [1.165, 1.54) is 11.9 Å². The van der Waals surface area contributed by atoms with Crippen LogP contribution in [0.3, 0.4) is 0 Å². The molecule has 29 heavy (non-hydrogen) atoms. The molecule has 0 atom stereocenters. The SMILES string of the molecule is Cc1ccccc1-c1nc2c(C)cccc2cc1COc1ncnc2[nH]cnc12. The zero-order chi connectivity index (χ0) is 19.8. The molecular formula is C23H19N5O. The zero-order valence-electron chi connectivity index (χ0n) is 16.2. The standard InChI is InChI=1S/C23H19N5O/c1-14-6-3-4-9-18(14)20-17(10-16-8-5-7-15(2)19(16)28-20)11-29-23-21-22(25-12-24-21)26-13-27-23/h3-10,12-13H,11H2,1-2H3,(H,24,25,26,27). The topological polar surface area (TPSA) is 76.6 Å². The number of H-pyrrole nitrogens is 1. The molecule has 0 bridgehead atoms. The first-order chi connectivity index (χ1) is 14.2. The van der Waals surface area contributed by atoms with Gasteiger partial charge in [-0.25, -0.2) is 15.0 Å². The van der Waals surface area contributed by atoms with Gasteiger partial charge in [0.15, 0.2) is 11.2 Å². The minimum absolute atomic E-state index is 0.333. The van der Waals surface area contributed by atoms with Crippen LogP contribution in [0.2, 0.25) is 0 Å². The van der Waals surface area contributed by atoms with E-state index in [2.05, 4.69) is 70.2 Å². The molecule has 6 nitrogen and oxygen atoms in total. The van der Waals surface area contributed by atoms with Crippen molar-refractivity contribution in [1.29, 1.82) is 0 Å². The monoisotopic (exact) mass is 381 g/mol. The molecule has 0 saturated heterocycles. The lowest BCUT2D eigenvalue weighted by Crippen LogP contribution is -2.03. The summed E-state index contributed by atoms with van der Waals surface area (Å²) in [6.07, 6.45) is 3.06. The summed E-state index contributed by atoms with van der Waals surface area (Å²) < 4.78 is 6.07. The number of nitrogens with zero attached hydrogens (tertiary/aromatic N) is 4. The fourth-order valence-corrected chi connectivity index (χ4v) is 3.57. The van der Waals surface area contributed by atoms with Crippen molar-refractivity contribution in [3.8, 4) is 17.1 Å². The van der Waals surface area contributed by atoms with E-state index in [-0.39, 0.29) is 0 Å². The van der Waals surface area contributed by atoms with E-state index in [1.807, 2.05) is 12.1 Å². The molecule has 3 aromatic heterocycles. The van der Waals surface area contributed by atoms with Crippen molar-refractivity contribution in [1.82, 2.24) is 24.9 Å². The maximum atomic E-state index is 6.07. The first-order valence-corrected chi connectivity index (χ1v) is 9.43. The highest BCUT2D eigenvalue weighted by atomic mass is 16.5. The van der Waals surface area contributed by atoms with E-state index in [4.69, 9.17) is 9.72 Å². The van der Waals surface area contributed by atoms with Crippen molar-refractivity contribution in [2.24, 2.45) is 0 Å². The third-order valence-electron chi connectivity index (χ3n) is 5.07. The average molecular weight is 381 g/mol. The Morgan fingerprint density at radius 1 is 0.897 bits per heavy atom. The molecule has 0 aliphatic rings. The lowest BCUT2D eigenvalue weighted by Gasteiger charge is -2.14. The third-order valence-corrected chi connectivity index (χ3v) is 5.07. The zero-order valence-corrected chi connectivity index (χ0v) is 16.2. The van der Waals surface area contributed by atoms with Crippen LogP contribution in [-0.4, -0.2) is 24.9 Å². The predicted molar refractivity (Wildman–Crippen MR) is 113 cm³/mol. The first-order valence-electron chi connectivity index (χ1n) is 9.43. The van der Waals surface area contributed by atoms with Crippen LogP contribution in [-0.2, 0) is 6.61 Å². The summed E-state index contributed by atoms with van der Waals surface area (Å²) in [6, 6.07) is 16.6. The number of hydrogen-bond acceptors (Lipinski definition) is 5. The molecule has 0 amide bonds. The fraction of sp³-hybridized carbons (Fsp3) is 0.130. The van der Waals surface area contributed by atoms with Gasteiger partial charge >= 0.3 is 0 Å². The number of benzene rings is 2. The molecule has 2 aromatic carbocycles. The molecule has 0 unspecified atom stereocenters. The Balaban J connectivity index is 1.63. The Kier molecular flexibility index (Phi) is 4.17. The van der Waals surface area contributed by atoms with Gasteiger partial charge in [-0.15, -0.1) is 0 Å². The summed E-state index contributed by atoms with van der Waals surface area (Å²) in [6.45, 7) is 4.52. The van der Waals surface area contributed by atoms with Gasteiger partial charge in [0.2, 0.25) is 5.88 Å². The minimum atomic E-state index is 0.333. The summed E-state index contributed by atoms with van der Waals surface area (Å²) in [7, 11) is 0. The highest BCUT2D eigenvalue weighted by Gasteiger charge is 2.14. The molecule has 5 rings (SSSR count). The molecule has 0 fully saturated rings. The number of aryl methyl sites for hydroxylation is 2. The molecular weight excluding hydrogens is 362 g/mol. The van der Waals surface area contributed by atoms with E-state index in [0.717, 1.165) is 33.3 Å². The van der Waals surface area contributed by atoms with Gasteiger partial charge in [0.25, 0.3) is 0 Å². The van der Waals surface area contributed by atoms with Gasteiger partial charge in [-0.3, -0.25) is 0 Å². The number of ether oxygens (including phenoxy) is 1. The lowest BCUT2D eigenvalue weighted by atomic mass is 9.99. The van der Waals surface area contributed by atoms with Crippen molar-refractivity contribution in [2.45, 2.75) is 20.5 Å². The maximum Gasteiger partial charge on any atom is 0.245 e. The summed E-state index contributed by atoms with van der Waals surface area (Å²) in [5.41, 5.74) is 7.63. The van der Waals surface area contributed by atoms with Crippen molar-refractivity contribution >= 4 is 22.1 Å². The molecule has 6 heteroatoms. The lowest BCUT2D eigenvalue weighted by molar-refractivity contribution is 0.297. The van der Waals surface area contributed by atoms with Crippen molar-refractivity contribution in [2.75, 3.05) is 0 Å². The summed E-state index contributed by atoms with van der Waals surface area (Å²) in [5, 5.41) is 1.09. The Morgan fingerprint density at radius 3 is 2.66 bits per heavy atom. The fourth-order valence-electron chi connectivity index (χ4n) is 3.57. The van der Waals surface area contributed by atoms with Crippen LogP contribution in [0.1, 0.15) is 16.7 Å². The van der Waals surface area contributed by atoms with Gasteiger partial charge in [-0.05, 0) is 31.0 Å². The third kappa shape index (κ3) is 3.08. The van der Waals surface area contributed by atoms with Gasteiger partial charge in [0, 0.05) is 16.5 Å². The van der Waals surface area contributed by atoms with Gasteiger partial charge in [-0.1, -0.05) is 42.5 Å². The Morgan fingerprint density at radius 2 is 1.76 bits per heavy atom. The number of rotatable bonds is 4. The minimum Gasteiger partial charge on any atom is -0.471 e. The number of aromatic nitrogens is 5. The molecule has 0 spiro atoms. The molecule has 0 aliphatic carbocycles. The molecule has 0 saturated carbocycles. The number of hydrogen-bond donors (Lipinski definition) is 1. The van der Waals surface area contributed by atoms with E-state index >= 15 is 0 Å². The number of pyridine rings is 1. The van der Waals surface area contributed by atoms with Crippen molar-refractivity contribution in [3.63, 3.8) is 0 Å². The van der Waals surface area contributed by atoms with E-state index in [0.29, 0.717) is 23.7 Å². The summed E-state index contributed by atoms with van der Waals surface area (Å²) in [4.78, 5) is 20.7. The van der Waals surface area contributed by atoms with Crippen molar-refractivity contribution < 1.29 is 4.74 Å². The van der Waals surface area contributed by atoms with Crippen LogP contribution in [0.15, 0.2) is 61.2 Å². The van der Waals surface area contributed by atoms with Gasteiger partial charge < -0.3 is 9.72 Å². The van der Waals surface area contributed by atoms with Crippen LogP contribution in [0.4, 0.5) is 0 Å². The number of para-hydroxylation sites is 1. The molecule has 1 N–H and O–H groups in total. The van der Waals surface area contributed by atoms with E-state index < -0.39 is 0 Å². The van der Waals surface area contributed by atoms with Gasteiger partial charge in [0.05, 0.1) is 17.5 Å². The summed E-state index contributed by atoms with van der Waals surface area (Å²) >= 11 is 0. The van der Waals surface area contributed by atoms with Gasteiger partial charge in [0.1, 0.15) is 12.9 Å². The largest absolute Gasteiger partial charge is 0.471 e. The van der Waals surface area contributed by atoms with Crippen molar-refractivity contribution in [3.05, 3.63) is 77.9 Å². The van der Waals surface area contributed by atoms with Crippen LogP contribution in [0.25, 0.3) is 33.3 Å². The molecule has 142 valence electrons. The number of imidazole rings is 1. The Bertz CT molecular complexity index is 1340. The highest BCUT2D eigenvalue weighted by molar-refractivity contribution is 5.86. The first kappa shape index (κ1) is 17.3. The highest BCUT2D eigenvalue weighted by Crippen LogP contribution is 2.30. The van der Waals surface area contributed by atoms with E-state index in [9.17, 15) is 0 Å². The number of aromatic amines is 1. The van der Waals surface area contributed by atoms with Crippen LogP contribution < -0.4 is 4.74 Å². The van der Waals surface area contributed by atoms with Gasteiger partial charge in [-0.2, -0.15) is 4.98 Å². The maximum absolute atomic E-state index is 6.07. The second kappa shape index (κ2) is 6.98. The predicted octanol–water partition coefficient (Wildman–Crippen LogP) is 4.76. The summed E-state index contributed by atoms with van der Waals surface area (Å²) in [5.74, 6) is 0.455. The second-order valence-electron chi connectivity index (χ2n) is 7.02. The molecule has 3 heterocycles. The molecule has 5 aromatic rings. The quantitative estimate of drug-likeness (QED) is 0.485. The second-order valence-corrected chi connectivity index (χ2v) is 7.02. The van der Waals surface area contributed by atoms with Crippen LogP contribution in [0.5, 0.6) is 5.88 Å². The number of fused-ring (bicyclic) bond motifs is 2. The smallest absolute Gasteiger partial charge is 0.245 e. The molecule has 0 radical (unpaired) electrons. The Hall–Kier alpha value is -3.80. The van der Waals surface area contributed by atoms with E-state index in [1.54, 1.807) is 6.33 Å². The molecule has 0 aliphatic heterocycles. The normalized spacial score (nSPS) is 11.2. The Labute approximate surface area is 167 Å². The number of nitrogens with one attached hydrogen (secondary N) is 1. The van der Waals surface area contributed by atoms with Crippen LogP contribution >= 0.6 is 0 Å². The van der Waals surface area contributed by atoms with Crippen LogP contribution in [0, 0.1) is 13.8 Å².